The summed E-state index contributed by atoms with van der Waals surface area (Å²) in [6.45, 7) is 14.8. The molecule has 12 heteroatoms. The van der Waals surface area contributed by atoms with Gasteiger partial charge in [0.15, 0.2) is 11.6 Å². The lowest BCUT2D eigenvalue weighted by molar-refractivity contribution is 0.0965. The molecule has 2 heterocycles. The molecule has 1 atom stereocenters. The molecule has 1 unspecified atom stereocenters. The van der Waals surface area contributed by atoms with Crippen molar-refractivity contribution in [3.63, 3.8) is 0 Å². The Labute approximate surface area is 279 Å². The van der Waals surface area contributed by atoms with Gasteiger partial charge in [-0.2, -0.15) is 4.98 Å². The SMILES string of the molecule is Cc1cc(C)c(C(c2cc(F)ccc2F)N(C(=O)O)c2ccnc(Nc3ccc(OCCN4CCN(C(C)C)CC4)c(F)c3)n2)c(C)c1. The van der Waals surface area contributed by atoms with Crippen LogP contribution in [0.1, 0.15) is 47.7 Å². The summed E-state index contributed by atoms with van der Waals surface area (Å²) in [6, 6.07) is 11.6. The molecule has 9 nitrogen and oxygen atoms in total. The number of hydrogen-bond donors (Lipinski definition) is 2. The summed E-state index contributed by atoms with van der Waals surface area (Å²) in [7, 11) is 0. The fourth-order valence-corrected chi connectivity index (χ4v) is 6.27. The Morgan fingerprint density at radius 3 is 2.31 bits per heavy atom. The van der Waals surface area contributed by atoms with Crippen LogP contribution in [-0.2, 0) is 0 Å². The van der Waals surface area contributed by atoms with Crippen molar-refractivity contribution in [1.82, 2.24) is 19.8 Å². The van der Waals surface area contributed by atoms with E-state index < -0.39 is 29.6 Å². The summed E-state index contributed by atoms with van der Waals surface area (Å²) in [5, 5.41) is 13.4. The standard InChI is InChI=1S/C36H41F3N6O3/c1-22(2)44-14-12-43(13-15-44)16-17-48-31-9-7-27(21-30(31)39)41-35-40-11-10-32(42-35)45(36(46)47)34(28-20-26(37)6-8-29(28)38)33-24(4)18-23(3)19-25(33)5/h6-11,18-22,34H,12-17H2,1-5H3,(H,46,47)(H,40,41,42). The first-order valence-electron chi connectivity index (χ1n) is 15.9. The number of rotatable bonds is 11. The van der Waals surface area contributed by atoms with Crippen LogP contribution in [0, 0.1) is 38.2 Å². The third kappa shape index (κ3) is 8.06. The largest absolute Gasteiger partial charge is 0.489 e. The van der Waals surface area contributed by atoms with Crippen LogP contribution in [-0.4, -0.2) is 76.3 Å². The minimum absolute atomic E-state index is 0.0248. The molecule has 0 bridgehead atoms. The maximum absolute atomic E-state index is 15.4. The predicted octanol–water partition coefficient (Wildman–Crippen LogP) is 7.24. The number of benzene rings is 3. The molecule has 1 fully saturated rings. The van der Waals surface area contributed by atoms with Gasteiger partial charge in [0.2, 0.25) is 5.95 Å². The lowest BCUT2D eigenvalue weighted by atomic mass is 9.88. The molecule has 0 spiro atoms. The van der Waals surface area contributed by atoms with Gasteiger partial charge >= 0.3 is 6.09 Å². The van der Waals surface area contributed by atoms with Gasteiger partial charge in [-0.25, -0.2) is 27.8 Å². The zero-order valence-electron chi connectivity index (χ0n) is 27.8. The number of aromatic nitrogens is 2. The number of halogens is 3. The highest BCUT2D eigenvalue weighted by molar-refractivity contribution is 5.87. The van der Waals surface area contributed by atoms with Crippen molar-refractivity contribution < 1.29 is 27.8 Å². The average Bonchev–Trinajstić information content (AvgIpc) is 3.02. The van der Waals surface area contributed by atoms with Crippen LogP contribution in [0.15, 0.2) is 60.8 Å². The molecule has 1 aliphatic heterocycles. The first kappa shape index (κ1) is 34.6. The van der Waals surface area contributed by atoms with Gasteiger partial charge in [0, 0.05) is 62.3 Å². The Morgan fingerprint density at radius 2 is 1.67 bits per heavy atom. The number of ether oxygens (including phenoxy) is 1. The van der Waals surface area contributed by atoms with Gasteiger partial charge in [0.1, 0.15) is 24.1 Å². The Morgan fingerprint density at radius 1 is 0.958 bits per heavy atom. The van der Waals surface area contributed by atoms with E-state index in [-0.39, 0.29) is 23.1 Å². The van der Waals surface area contributed by atoms with Crippen molar-refractivity contribution in [2.24, 2.45) is 0 Å². The topological polar surface area (TPSA) is 94.1 Å². The number of nitrogens with zero attached hydrogens (tertiary/aromatic N) is 5. The molecule has 0 saturated carbocycles. The predicted molar refractivity (Wildman–Crippen MR) is 180 cm³/mol. The molecule has 48 heavy (non-hydrogen) atoms. The summed E-state index contributed by atoms with van der Waals surface area (Å²) in [5.74, 6) is -2.08. The van der Waals surface area contributed by atoms with E-state index in [9.17, 15) is 14.3 Å². The van der Waals surface area contributed by atoms with E-state index in [1.165, 1.54) is 24.4 Å². The molecule has 1 aromatic heterocycles. The summed E-state index contributed by atoms with van der Waals surface area (Å²) in [4.78, 5) is 27.1. The fraction of sp³-hybridized carbons (Fsp3) is 0.361. The summed E-state index contributed by atoms with van der Waals surface area (Å²) < 4.78 is 50.6. The van der Waals surface area contributed by atoms with E-state index in [2.05, 4.69) is 38.9 Å². The molecular weight excluding hydrogens is 621 g/mol. The lowest BCUT2D eigenvalue weighted by Crippen LogP contribution is -2.49. The molecule has 1 amide bonds. The fourth-order valence-electron chi connectivity index (χ4n) is 6.27. The minimum atomic E-state index is -1.44. The normalized spacial score (nSPS) is 14.6. The van der Waals surface area contributed by atoms with E-state index >= 15 is 8.78 Å². The maximum Gasteiger partial charge on any atom is 0.413 e. The van der Waals surface area contributed by atoms with Gasteiger partial charge in [-0.15, -0.1) is 0 Å². The Kier molecular flexibility index (Phi) is 10.9. The van der Waals surface area contributed by atoms with Crippen LogP contribution < -0.4 is 15.0 Å². The number of hydrogen-bond acceptors (Lipinski definition) is 7. The lowest BCUT2D eigenvalue weighted by Gasteiger charge is -2.36. The van der Waals surface area contributed by atoms with Crippen LogP contribution in [0.25, 0.3) is 0 Å². The zero-order valence-corrected chi connectivity index (χ0v) is 27.8. The first-order chi connectivity index (χ1) is 22.9. The molecular formula is C36H41F3N6O3. The second-order valence-corrected chi connectivity index (χ2v) is 12.4. The Hall–Kier alpha value is -4.68. The highest BCUT2D eigenvalue weighted by Crippen LogP contribution is 2.38. The van der Waals surface area contributed by atoms with Crippen molar-refractivity contribution in [2.75, 3.05) is 49.5 Å². The minimum Gasteiger partial charge on any atom is -0.489 e. The van der Waals surface area contributed by atoms with Gasteiger partial charge in [0.05, 0.1) is 6.04 Å². The molecule has 0 radical (unpaired) electrons. The van der Waals surface area contributed by atoms with Crippen LogP contribution in [0.2, 0.25) is 0 Å². The Balaban J connectivity index is 1.36. The number of carboxylic acid groups (broad SMARTS) is 1. The van der Waals surface area contributed by atoms with Gasteiger partial charge in [0.25, 0.3) is 0 Å². The summed E-state index contributed by atoms with van der Waals surface area (Å²) in [6.07, 6.45) is -0.106. The smallest absolute Gasteiger partial charge is 0.413 e. The summed E-state index contributed by atoms with van der Waals surface area (Å²) >= 11 is 0. The van der Waals surface area contributed by atoms with Gasteiger partial charge < -0.3 is 15.2 Å². The molecule has 0 aliphatic carbocycles. The number of piperazine rings is 1. The van der Waals surface area contributed by atoms with Gasteiger partial charge in [-0.3, -0.25) is 9.80 Å². The molecule has 1 saturated heterocycles. The second kappa shape index (κ2) is 15.0. The third-order valence-corrected chi connectivity index (χ3v) is 8.61. The van der Waals surface area contributed by atoms with E-state index in [1.54, 1.807) is 19.9 Å². The van der Waals surface area contributed by atoms with Crippen molar-refractivity contribution in [2.45, 2.75) is 46.7 Å². The molecule has 3 aromatic carbocycles. The second-order valence-electron chi connectivity index (χ2n) is 12.4. The number of amides is 1. The number of anilines is 3. The summed E-state index contributed by atoms with van der Waals surface area (Å²) in [5.41, 5.74) is 2.97. The van der Waals surface area contributed by atoms with E-state index in [1.807, 2.05) is 19.1 Å². The van der Waals surface area contributed by atoms with Gasteiger partial charge in [-0.1, -0.05) is 17.7 Å². The third-order valence-electron chi connectivity index (χ3n) is 8.61. The number of aryl methyl sites for hydroxylation is 3. The average molecular weight is 663 g/mol. The van der Waals surface area contributed by atoms with Crippen molar-refractivity contribution >= 4 is 23.5 Å². The number of carbonyl (C=O) groups is 1. The van der Waals surface area contributed by atoms with Crippen molar-refractivity contribution in [3.8, 4) is 5.75 Å². The van der Waals surface area contributed by atoms with Crippen LogP contribution >= 0.6 is 0 Å². The molecule has 1 aliphatic rings. The van der Waals surface area contributed by atoms with E-state index in [0.717, 1.165) is 54.8 Å². The molecule has 254 valence electrons. The number of nitrogens with one attached hydrogen (secondary N) is 1. The highest BCUT2D eigenvalue weighted by Gasteiger charge is 2.34. The highest BCUT2D eigenvalue weighted by atomic mass is 19.1. The van der Waals surface area contributed by atoms with Crippen molar-refractivity contribution in [3.05, 3.63) is 106 Å². The van der Waals surface area contributed by atoms with Crippen LogP contribution in [0.4, 0.5) is 35.4 Å². The van der Waals surface area contributed by atoms with E-state index in [0.29, 0.717) is 41.6 Å². The quantitative estimate of drug-likeness (QED) is 0.174. The Bertz CT molecular complexity index is 1740. The maximum atomic E-state index is 15.4. The zero-order chi connectivity index (χ0) is 34.5. The van der Waals surface area contributed by atoms with E-state index in [4.69, 9.17) is 4.74 Å². The van der Waals surface area contributed by atoms with Crippen LogP contribution in [0.5, 0.6) is 5.75 Å². The first-order valence-corrected chi connectivity index (χ1v) is 15.9. The molecule has 2 N–H and O–H groups in total. The van der Waals surface area contributed by atoms with Crippen molar-refractivity contribution in [1.29, 1.82) is 0 Å². The molecule has 4 aromatic rings. The van der Waals surface area contributed by atoms with Gasteiger partial charge in [-0.05, 0) is 87.7 Å². The monoisotopic (exact) mass is 662 g/mol. The van der Waals surface area contributed by atoms with Crippen LogP contribution in [0.3, 0.4) is 0 Å². The molecule has 5 rings (SSSR count).